The zero-order chi connectivity index (χ0) is 13.1. The van der Waals surface area contributed by atoms with E-state index in [2.05, 4.69) is 19.9 Å². The van der Waals surface area contributed by atoms with Crippen LogP contribution in [0.2, 0.25) is 0 Å². The molecule has 0 saturated carbocycles. The van der Waals surface area contributed by atoms with Gasteiger partial charge in [-0.3, -0.25) is 0 Å². The Morgan fingerprint density at radius 3 is 2.47 bits per heavy atom. The average Bonchev–Trinajstić information content (AvgIpc) is 2.93. The lowest BCUT2D eigenvalue weighted by molar-refractivity contribution is 0.834. The van der Waals surface area contributed by atoms with E-state index in [4.69, 9.17) is 5.73 Å². The van der Waals surface area contributed by atoms with Gasteiger partial charge in [0.05, 0.1) is 0 Å². The van der Waals surface area contributed by atoms with Gasteiger partial charge in [0.25, 0.3) is 0 Å². The number of aromatic nitrogens is 3. The Labute approximate surface area is 116 Å². The standard InChI is InChI=1S/C13H15N5S/c14-11-15-12(18-8-4-5-9-18)17-13(16-11)19-10-6-2-1-3-7-10/h1-3,6-7H,4-5,8-9H2,(H2,14,15,16,17). The summed E-state index contributed by atoms with van der Waals surface area (Å²) in [6, 6.07) is 10.0. The molecule has 2 heterocycles. The minimum absolute atomic E-state index is 0.287. The van der Waals surface area contributed by atoms with Crippen molar-refractivity contribution in [2.75, 3.05) is 23.7 Å². The van der Waals surface area contributed by atoms with E-state index in [9.17, 15) is 0 Å². The second kappa shape index (κ2) is 5.44. The van der Waals surface area contributed by atoms with Crippen LogP contribution >= 0.6 is 11.8 Å². The van der Waals surface area contributed by atoms with Crippen LogP contribution in [0.15, 0.2) is 40.4 Å². The molecule has 1 aliphatic heterocycles. The molecule has 98 valence electrons. The van der Waals surface area contributed by atoms with Crippen molar-refractivity contribution in [1.29, 1.82) is 0 Å². The molecule has 1 aromatic carbocycles. The van der Waals surface area contributed by atoms with E-state index >= 15 is 0 Å². The zero-order valence-corrected chi connectivity index (χ0v) is 11.3. The van der Waals surface area contributed by atoms with Gasteiger partial charge in [0, 0.05) is 18.0 Å². The lowest BCUT2D eigenvalue weighted by Crippen LogP contribution is -2.21. The summed E-state index contributed by atoms with van der Waals surface area (Å²) in [5, 5.41) is 0.653. The Morgan fingerprint density at radius 2 is 1.74 bits per heavy atom. The maximum absolute atomic E-state index is 5.78. The largest absolute Gasteiger partial charge is 0.368 e. The van der Waals surface area contributed by atoms with Crippen molar-refractivity contribution in [2.24, 2.45) is 0 Å². The molecule has 3 rings (SSSR count). The van der Waals surface area contributed by atoms with E-state index in [1.165, 1.54) is 24.6 Å². The molecule has 0 atom stereocenters. The first-order valence-electron chi connectivity index (χ1n) is 6.31. The summed E-state index contributed by atoms with van der Waals surface area (Å²) >= 11 is 1.51. The third-order valence-electron chi connectivity index (χ3n) is 2.96. The maximum atomic E-state index is 5.78. The van der Waals surface area contributed by atoms with Crippen LogP contribution < -0.4 is 10.6 Å². The molecule has 0 unspecified atom stereocenters. The van der Waals surface area contributed by atoms with Crippen molar-refractivity contribution >= 4 is 23.7 Å². The molecule has 6 heteroatoms. The van der Waals surface area contributed by atoms with Gasteiger partial charge in [-0.05, 0) is 36.7 Å². The van der Waals surface area contributed by atoms with Gasteiger partial charge in [0.1, 0.15) is 0 Å². The molecule has 0 spiro atoms. The van der Waals surface area contributed by atoms with E-state index in [0.717, 1.165) is 18.0 Å². The molecule has 5 nitrogen and oxygen atoms in total. The number of rotatable bonds is 3. The summed E-state index contributed by atoms with van der Waals surface area (Å²) < 4.78 is 0. The fourth-order valence-electron chi connectivity index (χ4n) is 2.06. The molecular weight excluding hydrogens is 258 g/mol. The van der Waals surface area contributed by atoms with E-state index in [1.807, 2.05) is 30.3 Å². The summed E-state index contributed by atoms with van der Waals surface area (Å²) in [5.74, 6) is 0.985. The normalized spacial score (nSPS) is 14.8. The summed E-state index contributed by atoms with van der Waals surface area (Å²) in [6.45, 7) is 2.00. The molecule has 1 fully saturated rings. The van der Waals surface area contributed by atoms with Gasteiger partial charge in [-0.1, -0.05) is 18.2 Å². The van der Waals surface area contributed by atoms with E-state index in [-0.39, 0.29) is 5.95 Å². The SMILES string of the molecule is Nc1nc(Sc2ccccc2)nc(N2CCCC2)n1. The van der Waals surface area contributed by atoms with Gasteiger partial charge in [-0.25, -0.2) is 0 Å². The molecule has 0 amide bonds. The molecule has 1 saturated heterocycles. The Bertz CT molecular complexity index is 554. The molecule has 1 aliphatic rings. The molecule has 0 aliphatic carbocycles. The molecule has 1 aromatic heterocycles. The monoisotopic (exact) mass is 273 g/mol. The predicted octanol–water partition coefficient (Wildman–Crippen LogP) is 2.21. The molecule has 0 bridgehead atoms. The number of hydrogen-bond donors (Lipinski definition) is 1. The summed E-state index contributed by atoms with van der Waals surface area (Å²) in [4.78, 5) is 16.2. The van der Waals surface area contributed by atoms with Gasteiger partial charge in [0.15, 0.2) is 5.16 Å². The van der Waals surface area contributed by atoms with Crippen LogP contribution in [0, 0.1) is 0 Å². The lowest BCUT2D eigenvalue weighted by Gasteiger charge is -2.15. The highest BCUT2D eigenvalue weighted by Gasteiger charge is 2.17. The Balaban J connectivity index is 1.85. The van der Waals surface area contributed by atoms with Gasteiger partial charge in [-0.15, -0.1) is 0 Å². The third kappa shape index (κ3) is 2.96. The van der Waals surface area contributed by atoms with Crippen molar-refractivity contribution in [3.63, 3.8) is 0 Å². The first kappa shape index (κ1) is 12.2. The molecule has 0 radical (unpaired) electrons. The van der Waals surface area contributed by atoms with Crippen molar-refractivity contribution in [3.8, 4) is 0 Å². The molecule has 2 aromatic rings. The highest BCUT2D eigenvalue weighted by atomic mass is 32.2. The number of benzene rings is 1. The fraction of sp³-hybridized carbons (Fsp3) is 0.308. The Hall–Kier alpha value is -1.82. The quantitative estimate of drug-likeness (QED) is 0.924. The topological polar surface area (TPSA) is 67.9 Å². The average molecular weight is 273 g/mol. The summed E-state index contributed by atoms with van der Waals surface area (Å²) in [6.07, 6.45) is 2.37. The zero-order valence-electron chi connectivity index (χ0n) is 10.5. The number of nitrogen functional groups attached to an aromatic ring is 1. The Kier molecular flexibility index (Phi) is 3.50. The number of hydrogen-bond acceptors (Lipinski definition) is 6. The first-order chi connectivity index (χ1) is 9.31. The third-order valence-corrected chi connectivity index (χ3v) is 3.83. The lowest BCUT2D eigenvalue weighted by atomic mass is 10.4. The van der Waals surface area contributed by atoms with Crippen molar-refractivity contribution in [3.05, 3.63) is 30.3 Å². The van der Waals surface area contributed by atoms with Crippen molar-refractivity contribution in [2.45, 2.75) is 22.9 Å². The van der Waals surface area contributed by atoms with Crippen LogP contribution in [0.1, 0.15) is 12.8 Å². The van der Waals surface area contributed by atoms with Crippen LogP contribution in [0.4, 0.5) is 11.9 Å². The van der Waals surface area contributed by atoms with Crippen LogP contribution in [-0.4, -0.2) is 28.0 Å². The smallest absolute Gasteiger partial charge is 0.231 e. The van der Waals surface area contributed by atoms with Gasteiger partial charge in [0.2, 0.25) is 11.9 Å². The van der Waals surface area contributed by atoms with Gasteiger partial charge in [-0.2, -0.15) is 15.0 Å². The van der Waals surface area contributed by atoms with Crippen LogP contribution in [-0.2, 0) is 0 Å². The number of anilines is 2. The second-order valence-electron chi connectivity index (χ2n) is 4.39. The van der Waals surface area contributed by atoms with Crippen LogP contribution in [0.5, 0.6) is 0 Å². The fourth-order valence-corrected chi connectivity index (χ4v) is 2.83. The minimum Gasteiger partial charge on any atom is -0.368 e. The van der Waals surface area contributed by atoms with E-state index < -0.39 is 0 Å². The van der Waals surface area contributed by atoms with Gasteiger partial charge < -0.3 is 10.6 Å². The van der Waals surface area contributed by atoms with Crippen LogP contribution in [0.3, 0.4) is 0 Å². The maximum Gasteiger partial charge on any atom is 0.231 e. The van der Waals surface area contributed by atoms with E-state index in [1.54, 1.807) is 0 Å². The number of nitrogens with two attached hydrogens (primary N) is 1. The molecule has 19 heavy (non-hydrogen) atoms. The summed E-state index contributed by atoms with van der Waals surface area (Å²) in [7, 11) is 0. The van der Waals surface area contributed by atoms with Crippen molar-refractivity contribution < 1.29 is 0 Å². The highest BCUT2D eigenvalue weighted by Crippen LogP contribution is 2.26. The van der Waals surface area contributed by atoms with Crippen LogP contribution in [0.25, 0.3) is 0 Å². The number of nitrogens with zero attached hydrogens (tertiary/aromatic N) is 4. The highest BCUT2D eigenvalue weighted by molar-refractivity contribution is 7.99. The Morgan fingerprint density at radius 1 is 1.00 bits per heavy atom. The second-order valence-corrected chi connectivity index (χ2v) is 5.43. The minimum atomic E-state index is 0.287. The first-order valence-corrected chi connectivity index (χ1v) is 7.12. The molecular formula is C13H15N5S. The van der Waals surface area contributed by atoms with Gasteiger partial charge >= 0.3 is 0 Å². The molecule has 2 N–H and O–H groups in total. The predicted molar refractivity (Wildman–Crippen MR) is 76.3 cm³/mol. The van der Waals surface area contributed by atoms with Crippen molar-refractivity contribution in [1.82, 2.24) is 15.0 Å². The van der Waals surface area contributed by atoms with E-state index in [0.29, 0.717) is 11.1 Å². The summed E-state index contributed by atoms with van der Waals surface area (Å²) in [5.41, 5.74) is 5.78.